The zero-order valence-electron chi connectivity index (χ0n) is 7.47. The number of nitrogens with zero attached hydrogens (tertiary/aromatic N) is 2. The number of hydrogen-bond acceptors (Lipinski definition) is 3. The molecule has 1 amide bonds. The molecular weight excluding hydrogens is 180 g/mol. The van der Waals surface area contributed by atoms with E-state index in [9.17, 15) is 4.79 Å². The summed E-state index contributed by atoms with van der Waals surface area (Å²) in [7, 11) is 0. The fourth-order valence-electron chi connectivity index (χ4n) is 1.33. The largest absolute Gasteiger partial charge is 0.366 e. The lowest BCUT2D eigenvalue weighted by Gasteiger charge is -2.00. The van der Waals surface area contributed by atoms with Gasteiger partial charge in [-0.1, -0.05) is 0 Å². The first-order chi connectivity index (χ1) is 6.72. The summed E-state index contributed by atoms with van der Waals surface area (Å²) < 4.78 is 1.76. The summed E-state index contributed by atoms with van der Waals surface area (Å²) >= 11 is 0. The van der Waals surface area contributed by atoms with Gasteiger partial charge in [0.15, 0.2) is 0 Å². The monoisotopic (exact) mass is 190 g/mol. The Morgan fingerprint density at radius 3 is 2.93 bits per heavy atom. The van der Waals surface area contributed by atoms with Crippen molar-refractivity contribution in [3.05, 3.63) is 35.8 Å². The lowest BCUT2D eigenvalue weighted by Crippen LogP contribution is -2.12. The Labute approximate surface area is 80.3 Å². The molecule has 0 fully saturated rings. The van der Waals surface area contributed by atoms with Crippen LogP contribution in [0.2, 0.25) is 0 Å². The number of pyridine rings is 1. The molecule has 2 heterocycles. The molecule has 72 valence electrons. The average Bonchev–Trinajstić information content (AvgIpc) is 2.59. The van der Waals surface area contributed by atoms with Crippen molar-refractivity contribution in [3.63, 3.8) is 0 Å². The number of fused-ring (bicyclic) bond motifs is 1. The van der Waals surface area contributed by atoms with Gasteiger partial charge in [0, 0.05) is 12.7 Å². The van der Waals surface area contributed by atoms with Crippen molar-refractivity contribution < 1.29 is 4.79 Å². The third-order valence-corrected chi connectivity index (χ3v) is 2.08. The Kier molecular flexibility index (Phi) is 1.94. The third-order valence-electron chi connectivity index (χ3n) is 2.08. The van der Waals surface area contributed by atoms with Crippen molar-refractivity contribution in [2.45, 2.75) is 6.54 Å². The van der Waals surface area contributed by atoms with E-state index >= 15 is 0 Å². The topological polar surface area (TPSA) is 86.4 Å². The number of imidazole rings is 1. The summed E-state index contributed by atoms with van der Waals surface area (Å²) in [5.74, 6) is -0.455. The number of carbonyl (C=O) groups excluding carboxylic acids is 1. The van der Waals surface area contributed by atoms with Crippen LogP contribution in [0.4, 0.5) is 0 Å². The van der Waals surface area contributed by atoms with E-state index in [0.717, 1.165) is 11.3 Å². The number of nitrogens with two attached hydrogens (primary N) is 2. The van der Waals surface area contributed by atoms with Crippen LogP contribution in [-0.2, 0) is 6.54 Å². The van der Waals surface area contributed by atoms with Crippen LogP contribution in [0.1, 0.15) is 16.1 Å². The number of aromatic nitrogens is 2. The molecule has 0 aromatic carbocycles. The Bertz CT molecular complexity index is 489. The molecule has 0 saturated heterocycles. The maximum absolute atomic E-state index is 10.9. The third kappa shape index (κ3) is 1.23. The second-order valence-corrected chi connectivity index (χ2v) is 2.96. The molecule has 4 N–H and O–H groups in total. The number of hydrogen-bond donors (Lipinski definition) is 2. The normalized spacial score (nSPS) is 10.6. The smallest absolute Gasteiger partial charge is 0.250 e. The van der Waals surface area contributed by atoms with Crippen molar-refractivity contribution in [3.8, 4) is 0 Å². The van der Waals surface area contributed by atoms with Crippen LogP contribution in [-0.4, -0.2) is 15.3 Å². The highest BCUT2D eigenvalue weighted by Crippen LogP contribution is 2.08. The van der Waals surface area contributed by atoms with Gasteiger partial charge in [-0.2, -0.15) is 0 Å². The van der Waals surface area contributed by atoms with Crippen LogP contribution < -0.4 is 11.5 Å². The predicted octanol–water partition coefficient (Wildman–Crippen LogP) is -0.108. The molecule has 0 saturated carbocycles. The van der Waals surface area contributed by atoms with Crippen LogP contribution in [0.5, 0.6) is 0 Å². The van der Waals surface area contributed by atoms with E-state index in [2.05, 4.69) is 4.98 Å². The number of primary amides is 1. The molecule has 2 aromatic heterocycles. The van der Waals surface area contributed by atoms with Crippen LogP contribution in [0.25, 0.3) is 5.65 Å². The van der Waals surface area contributed by atoms with Gasteiger partial charge in [0.1, 0.15) is 5.65 Å². The molecule has 14 heavy (non-hydrogen) atoms. The second kappa shape index (κ2) is 3.12. The van der Waals surface area contributed by atoms with Gasteiger partial charge in [-0.3, -0.25) is 4.79 Å². The Morgan fingerprint density at radius 1 is 1.50 bits per heavy atom. The van der Waals surface area contributed by atoms with E-state index in [0.29, 0.717) is 12.1 Å². The minimum absolute atomic E-state index is 0.378. The SMILES string of the molecule is NCc1cnc2ccc(C(N)=O)cn12. The van der Waals surface area contributed by atoms with E-state index < -0.39 is 5.91 Å². The first-order valence-electron chi connectivity index (χ1n) is 4.18. The number of rotatable bonds is 2. The van der Waals surface area contributed by atoms with Crippen molar-refractivity contribution in [2.75, 3.05) is 0 Å². The summed E-state index contributed by atoms with van der Waals surface area (Å²) in [6.07, 6.45) is 3.33. The predicted molar refractivity (Wildman–Crippen MR) is 51.6 cm³/mol. The molecule has 0 spiro atoms. The van der Waals surface area contributed by atoms with E-state index in [1.807, 2.05) is 0 Å². The lowest BCUT2D eigenvalue weighted by molar-refractivity contribution is 0.1000. The van der Waals surface area contributed by atoms with E-state index in [4.69, 9.17) is 11.5 Å². The van der Waals surface area contributed by atoms with Crippen molar-refractivity contribution in [2.24, 2.45) is 11.5 Å². The van der Waals surface area contributed by atoms with Gasteiger partial charge >= 0.3 is 0 Å². The van der Waals surface area contributed by atoms with Crippen LogP contribution >= 0.6 is 0 Å². The highest BCUT2D eigenvalue weighted by Gasteiger charge is 2.04. The molecule has 0 unspecified atom stereocenters. The Morgan fingerprint density at radius 2 is 2.29 bits per heavy atom. The van der Waals surface area contributed by atoms with Gasteiger partial charge in [0.25, 0.3) is 0 Å². The molecule has 0 aliphatic carbocycles. The summed E-state index contributed by atoms with van der Waals surface area (Å²) in [5, 5.41) is 0. The molecule has 2 rings (SSSR count). The fourth-order valence-corrected chi connectivity index (χ4v) is 1.33. The minimum Gasteiger partial charge on any atom is -0.366 e. The molecule has 5 heteroatoms. The Balaban J connectivity index is 2.67. The lowest BCUT2D eigenvalue weighted by atomic mass is 10.3. The first kappa shape index (κ1) is 8.71. The van der Waals surface area contributed by atoms with Crippen LogP contribution in [0.15, 0.2) is 24.5 Å². The van der Waals surface area contributed by atoms with E-state index in [1.54, 1.807) is 28.9 Å². The van der Waals surface area contributed by atoms with Crippen LogP contribution in [0, 0.1) is 0 Å². The van der Waals surface area contributed by atoms with Gasteiger partial charge in [-0.15, -0.1) is 0 Å². The maximum Gasteiger partial charge on any atom is 0.250 e. The van der Waals surface area contributed by atoms with Gasteiger partial charge in [-0.25, -0.2) is 4.98 Å². The zero-order chi connectivity index (χ0) is 10.1. The van der Waals surface area contributed by atoms with E-state index in [1.165, 1.54) is 0 Å². The van der Waals surface area contributed by atoms with Gasteiger partial charge in [0.2, 0.25) is 5.91 Å². The number of carbonyl (C=O) groups is 1. The standard InChI is InChI=1S/C9H10N4O/c10-3-7-4-12-8-2-1-6(9(11)14)5-13(7)8/h1-2,4-5H,3,10H2,(H2,11,14). The molecule has 5 nitrogen and oxygen atoms in total. The van der Waals surface area contributed by atoms with Crippen LogP contribution in [0.3, 0.4) is 0 Å². The Hall–Kier alpha value is -1.88. The highest BCUT2D eigenvalue weighted by atomic mass is 16.1. The first-order valence-corrected chi connectivity index (χ1v) is 4.18. The van der Waals surface area contributed by atoms with E-state index in [-0.39, 0.29) is 0 Å². The molecule has 0 atom stereocenters. The second-order valence-electron chi connectivity index (χ2n) is 2.96. The van der Waals surface area contributed by atoms with Gasteiger partial charge in [0.05, 0.1) is 17.5 Å². The molecule has 0 radical (unpaired) electrons. The molecule has 0 aliphatic rings. The van der Waals surface area contributed by atoms with Crippen molar-refractivity contribution in [1.29, 1.82) is 0 Å². The van der Waals surface area contributed by atoms with Crippen molar-refractivity contribution in [1.82, 2.24) is 9.38 Å². The molecule has 0 aliphatic heterocycles. The molecule has 0 bridgehead atoms. The number of amides is 1. The summed E-state index contributed by atoms with van der Waals surface area (Å²) in [5.41, 5.74) is 12.7. The van der Waals surface area contributed by atoms with Gasteiger partial charge in [-0.05, 0) is 12.1 Å². The minimum atomic E-state index is -0.455. The highest BCUT2D eigenvalue weighted by molar-refractivity contribution is 5.92. The van der Waals surface area contributed by atoms with Crippen molar-refractivity contribution >= 4 is 11.6 Å². The summed E-state index contributed by atoms with van der Waals surface area (Å²) in [4.78, 5) is 15.0. The fraction of sp³-hybridized carbons (Fsp3) is 0.111. The molecular formula is C9H10N4O. The average molecular weight is 190 g/mol. The maximum atomic E-state index is 10.9. The summed E-state index contributed by atoms with van der Waals surface area (Å²) in [6.45, 7) is 0.378. The quantitative estimate of drug-likeness (QED) is 0.692. The molecule has 2 aromatic rings. The zero-order valence-corrected chi connectivity index (χ0v) is 7.47. The van der Waals surface area contributed by atoms with Gasteiger partial charge < -0.3 is 15.9 Å². The summed E-state index contributed by atoms with van der Waals surface area (Å²) in [6, 6.07) is 3.38.